The second kappa shape index (κ2) is 8.96. The van der Waals surface area contributed by atoms with Gasteiger partial charge in [-0.2, -0.15) is 5.26 Å². The molecule has 1 amide bonds. The van der Waals surface area contributed by atoms with Gasteiger partial charge in [0, 0.05) is 12.1 Å². The van der Waals surface area contributed by atoms with Crippen molar-refractivity contribution in [1.29, 1.82) is 5.26 Å². The van der Waals surface area contributed by atoms with E-state index < -0.39 is 4.84 Å². The average molecular weight is 351 g/mol. The molecule has 0 saturated carbocycles. The molecule has 0 radical (unpaired) electrons. The fourth-order valence-corrected chi connectivity index (χ4v) is 3.21. The molecule has 0 saturated heterocycles. The van der Waals surface area contributed by atoms with E-state index in [9.17, 15) is 4.79 Å². The molecule has 0 aliphatic heterocycles. The molecule has 2 rings (SSSR count). The number of amides is 1. The van der Waals surface area contributed by atoms with Crippen molar-refractivity contribution in [2.24, 2.45) is 5.92 Å². The molecule has 0 heterocycles. The largest absolute Gasteiger partial charge is 0.309 e. The number of hydrogen-bond acceptors (Lipinski definition) is 2. The van der Waals surface area contributed by atoms with Crippen LogP contribution in [0.15, 0.2) is 42.1 Å². The predicted octanol–water partition coefficient (Wildman–Crippen LogP) is 4.81. The van der Waals surface area contributed by atoms with Crippen LogP contribution in [0.3, 0.4) is 0 Å². The predicted molar refractivity (Wildman–Crippen MR) is 92.8 cm³/mol. The number of hydrogen-bond donors (Lipinski definition) is 0. The van der Waals surface area contributed by atoms with Gasteiger partial charge in [0.1, 0.15) is 0 Å². The van der Waals surface area contributed by atoms with Gasteiger partial charge in [-0.05, 0) is 37.2 Å². The number of allylic oxidation sites excluding steroid dienone is 2. The number of benzene rings is 1. The number of carbonyl (C=O) groups is 1. The first-order valence-electron chi connectivity index (χ1n) is 7.84. The second-order valence-electron chi connectivity index (χ2n) is 5.66. The number of nitrogens with zero attached hydrogens (tertiary/aromatic N) is 2. The van der Waals surface area contributed by atoms with E-state index in [-0.39, 0.29) is 11.8 Å². The van der Waals surface area contributed by atoms with Gasteiger partial charge in [-0.3, -0.25) is 4.79 Å². The molecule has 0 fully saturated rings. The van der Waals surface area contributed by atoms with Gasteiger partial charge in [0.25, 0.3) is 5.91 Å². The van der Waals surface area contributed by atoms with Crippen LogP contribution in [-0.2, 0) is 11.3 Å². The molecule has 1 aromatic carbocycles. The van der Waals surface area contributed by atoms with Crippen molar-refractivity contribution in [3.8, 4) is 6.07 Å². The van der Waals surface area contributed by atoms with Crippen LogP contribution >= 0.6 is 23.2 Å². The van der Waals surface area contributed by atoms with Gasteiger partial charge in [0.15, 0.2) is 4.84 Å². The van der Waals surface area contributed by atoms with E-state index in [0.717, 1.165) is 36.9 Å². The summed E-state index contributed by atoms with van der Waals surface area (Å²) in [6.45, 7) is 0.449. The molecule has 1 aliphatic carbocycles. The lowest BCUT2D eigenvalue weighted by atomic mass is 9.87. The van der Waals surface area contributed by atoms with E-state index in [4.69, 9.17) is 28.5 Å². The fourth-order valence-electron chi connectivity index (χ4n) is 2.97. The molecular formula is C18H20Cl2N2O. The molecule has 1 aromatic rings. The minimum Gasteiger partial charge on any atom is -0.309 e. The molecule has 0 spiro atoms. The smallest absolute Gasteiger partial charge is 0.260 e. The zero-order valence-electron chi connectivity index (χ0n) is 12.9. The SMILES string of the molecule is N#CCC[C@@H]1CCCC=C1N(Cc1ccccc1)C(=O)C(Cl)Cl. The lowest BCUT2D eigenvalue weighted by Crippen LogP contribution is -2.37. The Kier molecular flexibility index (Phi) is 6.95. The van der Waals surface area contributed by atoms with Gasteiger partial charge in [-0.1, -0.05) is 59.6 Å². The van der Waals surface area contributed by atoms with Gasteiger partial charge in [-0.15, -0.1) is 0 Å². The topological polar surface area (TPSA) is 44.1 Å². The number of nitriles is 1. The number of rotatable bonds is 6. The molecule has 23 heavy (non-hydrogen) atoms. The lowest BCUT2D eigenvalue weighted by molar-refractivity contribution is -0.128. The van der Waals surface area contributed by atoms with Crippen molar-refractivity contribution in [3.63, 3.8) is 0 Å². The highest BCUT2D eigenvalue weighted by Gasteiger charge is 2.29. The van der Waals surface area contributed by atoms with E-state index in [1.807, 2.05) is 30.3 Å². The summed E-state index contributed by atoms with van der Waals surface area (Å²) >= 11 is 11.7. The van der Waals surface area contributed by atoms with Gasteiger partial charge < -0.3 is 4.90 Å². The van der Waals surface area contributed by atoms with Crippen molar-refractivity contribution in [3.05, 3.63) is 47.7 Å². The van der Waals surface area contributed by atoms with E-state index >= 15 is 0 Å². The number of alkyl halides is 2. The first-order valence-corrected chi connectivity index (χ1v) is 8.71. The van der Waals surface area contributed by atoms with E-state index in [0.29, 0.717) is 13.0 Å². The summed E-state index contributed by atoms with van der Waals surface area (Å²) in [6.07, 6.45) is 6.35. The zero-order chi connectivity index (χ0) is 16.7. The van der Waals surface area contributed by atoms with Crippen molar-refractivity contribution < 1.29 is 4.79 Å². The summed E-state index contributed by atoms with van der Waals surface area (Å²) in [6, 6.07) is 12.0. The Balaban J connectivity index is 2.26. The van der Waals surface area contributed by atoms with Crippen LogP contribution in [0.25, 0.3) is 0 Å². The molecule has 0 unspecified atom stereocenters. The maximum Gasteiger partial charge on any atom is 0.260 e. The quantitative estimate of drug-likeness (QED) is 0.691. The third kappa shape index (κ3) is 4.99. The third-order valence-electron chi connectivity index (χ3n) is 4.08. The average Bonchev–Trinajstić information content (AvgIpc) is 2.58. The number of carbonyl (C=O) groups excluding carboxylic acids is 1. The molecule has 122 valence electrons. The Morgan fingerprint density at radius 3 is 2.74 bits per heavy atom. The van der Waals surface area contributed by atoms with Crippen LogP contribution in [0.5, 0.6) is 0 Å². The van der Waals surface area contributed by atoms with Crippen LogP contribution in [0.4, 0.5) is 0 Å². The van der Waals surface area contributed by atoms with E-state index in [1.165, 1.54) is 0 Å². The molecule has 0 bridgehead atoms. The first kappa shape index (κ1) is 17.8. The van der Waals surface area contributed by atoms with Crippen molar-refractivity contribution in [2.45, 2.75) is 43.5 Å². The molecule has 5 heteroatoms. The third-order valence-corrected chi connectivity index (χ3v) is 4.45. The Labute approximate surface area is 147 Å². The minimum atomic E-state index is -1.09. The molecule has 3 nitrogen and oxygen atoms in total. The molecule has 0 aromatic heterocycles. The highest BCUT2D eigenvalue weighted by molar-refractivity contribution is 6.53. The normalized spacial score (nSPS) is 17.5. The lowest BCUT2D eigenvalue weighted by Gasteiger charge is -2.33. The fraction of sp³-hybridized carbons (Fsp3) is 0.444. The summed E-state index contributed by atoms with van der Waals surface area (Å²) < 4.78 is 0. The van der Waals surface area contributed by atoms with Gasteiger partial charge >= 0.3 is 0 Å². The Bertz CT molecular complexity index is 593. The van der Waals surface area contributed by atoms with Crippen LogP contribution in [-0.4, -0.2) is 15.6 Å². The minimum absolute atomic E-state index is 0.211. The van der Waals surface area contributed by atoms with Gasteiger partial charge in [0.05, 0.1) is 12.6 Å². The van der Waals surface area contributed by atoms with Crippen molar-refractivity contribution in [1.82, 2.24) is 4.90 Å². The van der Waals surface area contributed by atoms with Gasteiger partial charge in [0.2, 0.25) is 0 Å². The summed E-state index contributed by atoms with van der Waals surface area (Å²) in [5.74, 6) is -0.0876. The zero-order valence-corrected chi connectivity index (χ0v) is 14.4. The van der Waals surface area contributed by atoms with Crippen LogP contribution < -0.4 is 0 Å². The van der Waals surface area contributed by atoms with Crippen molar-refractivity contribution in [2.75, 3.05) is 0 Å². The summed E-state index contributed by atoms with van der Waals surface area (Å²) in [5, 5.41) is 8.86. The Morgan fingerprint density at radius 1 is 1.35 bits per heavy atom. The van der Waals surface area contributed by atoms with E-state index in [2.05, 4.69) is 12.1 Å². The van der Waals surface area contributed by atoms with Crippen molar-refractivity contribution >= 4 is 29.1 Å². The summed E-state index contributed by atoms with van der Waals surface area (Å²) in [4.78, 5) is 13.1. The Morgan fingerprint density at radius 2 is 2.09 bits per heavy atom. The Hall–Kier alpha value is -1.50. The molecule has 0 N–H and O–H groups in total. The highest BCUT2D eigenvalue weighted by Crippen LogP contribution is 2.33. The van der Waals surface area contributed by atoms with Crippen LogP contribution in [0, 0.1) is 17.2 Å². The van der Waals surface area contributed by atoms with Gasteiger partial charge in [-0.25, -0.2) is 0 Å². The summed E-state index contributed by atoms with van der Waals surface area (Å²) in [5.41, 5.74) is 1.99. The molecule has 1 atom stereocenters. The standard InChI is InChI=1S/C18H20Cl2N2O/c19-17(20)18(23)22(13-14-7-2-1-3-8-14)16-11-5-4-9-15(16)10-6-12-21/h1-3,7-8,11,15,17H,4-6,9-10,13H2/t15-/m0/s1. The maximum atomic E-state index is 12.5. The first-order chi connectivity index (χ1) is 11.1. The van der Waals surface area contributed by atoms with Crippen LogP contribution in [0.2, 0.25) is 0 Å². The molecular weight excluding hydrogens is 331 g/mol. The monoisotopic (exact) mass is 350 g/mol. The molecule has 1 aliphatic rings. The summed E-state index contributed by atoms with van der Waals surface area (Å²) in [7, 11) is 0. The highest BCUT2D eigenvalue weighted by atomic mass is 35.5. The maximum absolute atomic E-state index is 12.5. The van der Waals surface area contributed by atoms with Crippen LogP contribution in [0.1, 0.15) is 37.7 Å². The van der Waals surface area contributed by atoms with E-state index in [1.54, 1.807) is 4.90 Å². The number of halogens is 2. The second-order valence-corrected chi connectivity index (χ2v) is 6.76.